The number of carbonyl (C=O) groups is 3. The topological polar surface area (TPSA) is 69.7 Å². The predicted octanol–water partition coefficient (Wildman–Crippen LogP) is 4.49. The van der Waals surface area contributed by atoms with Gasteiger partial charge in [0.25, 0.3) is 0 Å². The van der Waals surface area contributed by atoms with Crippen molar-refractivity contribution >= 4 is 40.1 Å². The number of rotatable bonds is 7. The molecular weight excluding hydrogens is 514 g/mol. The number of ether oxygens (including phenoxy) is 2. The van der Waals surface area contributed by atoms with Crippen LogP contribution < -0.4 is 0 Å². The molecule has 1 aromatic rings. The van der Waals surface area contributed by atoms with Crippen LogP contribution in [0.1, 0.15) is 42.1 Å². The average molecular weight is 542 g/mol. The Morgan fingerprint density at radius 1 is 1.39 bits per heavy atom. The van der Waals surface area contributed by atoms with Crippen molar-refractivity contribution in [3.8, 4) is 0 Å². The van der Waals surface area contributed by atoms with E-state index in [1.165, 1.54) is 25.3 Å². The third-order valence-corrected chi connectivity index (χ3v) is 8.58. The first-order valence-electron chi connectivity index (χ1n) is 10.5. The van der Waals surface area contributed by atoms with Gasteiger partial charge in [-0.2, -0.15) is 0 Å². The van der Waals surface area contributed by atoms with E-state index in [4.69, 9.17) is 9.47 Å². The van der Waals surface area contributed by atoms with Crippen molar-refractivity contribution in [3.63, 3.8) is 0 Å². The average Bonchev–Trinajstić information content (AvgIpc) is 2.96. The number of Topliss-reactive ketones (excluding diaryl/α,β-unsaturated/α-hetero) is 2. The molecule has 168 valence electrons. The lowest BCUT2D eigenvalue weighted by atomic mass is 9.77. The summed E-state index contributed by atoms with van der Waals surface area (Å²) >= 11 is 2.34. The molecule has 4 unspecified atom stereocenters. The summed E-state index contributed by atoms with van der Waals surface area (Å²) in [5.41, 5.74) is 0.397. The fourth-order valence-corrected chi connectivity index (χ4v) is 6.49. The number of methoxy groups -OCH3 is 1. The van der Waals surface area contributed by atoms with E-state index in [-0.39, 0.29) is 33.2 Å². The minimum Gasteiger partial charge on any atom is -0.468 e. The van der Waals surface area contributed by atoms with Gasteiger partial charge >= 0.3 is 5.97 Å². The number of aryl methyl sites for hydroxylation is 1. The fourth-order valence-electron chi connectivity index (χ4n) is 5.25. The van der Waals surface area contributed by atoms with Crippen LogP contribution in [0.4, 0.5) is 4.39 Å². The first kappa shape index (κ1) is 24.0. The summed E-state index contributed by atoms with van der Waals surface area (Å²) in [5.74, 6) is -4.02. The van der Waals surface area contributed by atoms with Crippen molar-refractivity contribution < 1.29 is 28.2 Å². The lowest BCUT2D eigenvalue weighted by Gasteiger charge is -2.31. The predicted molar refractivity (Wildman–Crippen MR) is 123 cm³/mol. The zero-order valence-electron chi connectivity index (χ0n) is 18.0. The van der Waals surface area contributed by atoms with E-state index < -0.39 is 35.5 Å². The van der Waals surface area contributed by atoms with Crippen molar-refractivity contribution in [1.29, 1.82) is 0 Å². The SMILES string of the molecule is C=CCOC(C(=O)c1c(C)cccc1F)C1C[C@H]2CC[C@H](C(C(=O)OC)C1=O)C2(C)I. The van der Waals surface area contributed by atoms with Gasteiger partial charge in [0.2, 0.25) is 0 Å². The largest absolute Gasteiger partial charge is 0.468 e. The van der Waals surface area contributed by atoms with E-state index in [1.807, 2.05) is 0 Å². The summed E-state index contributed by atoms with van der Waals surface area (Å²) in [5, 5.41) is 0. The Kier molecular flexibility index (Phi) is 7.35. The van der Waals surface area contributed by atoms with E-state index in [2.05, 4.69) is 36.1 Å². The van der Waals surface area contributed by atoms with Crippen molar-refractivity contribution in [2.24, 2.45) is 23.7 Å². The number of hydrogen-bond acceptors (Lipinski definition) is 5. The molecule has 2 bridgehead atoms. The highest BCUT2D eigenvalue weighted by molar-refractivity contribution is 14.1. The number of fused-ring (bicyclic) bond motifs is 2. The van der Waals surface area contributed by atoms with Crippen LogP contribution in [0.15, 0.2) is 30.9 Å². The Morgan fingerprint density at radius 3 is 2.71 bits per heavy atom. The molecule has 0 aromatic heterocycles. The number of carbonyl (C=O) groups excluding carboxylic acids is 3. The van der Waals surface area contributed by atoms with Crippen LogP contribution >= 0.6 is 22.6 Å². The van der Waals surface area contributed by atoms with Crippen LogP contribution in [0.3, 0.4) is 0 Å². The number of benzene rings is 1. The number of ketones is 2. The molecule has 6 atom stereocenters. The van der Waals surface area contributed by atoms with Gasteiger partial charge in [0.15, 0.2) is 11.6 Å². The zero-order valence-corrected chi connectivity index (χ0v) is 20.2. The van der Waals surface area contributed by atoms with Crippen molar-refractivity contribution in [3.05, 3.63) is 47.8 Å². The normalized spacial score (nSPS) is 31.1. The Hall–Kier alpha value is -1.61. The van der Waals surface area contributed by atoms with Gasteiger partial charge in [-0.25, -0.2) is 4.39 Å². The fraction of sp³-hybridized carbons (Fsp3) is 0.542. The highest BCUT2D eigenvalue weighted by Crippen LogP contribution is 2.56. The molecule has 0 heterocycles. The minimum atomic E-state index is -1.19. The summed E-state index contributed by atoms with van der Waals surface area (Å²) in [4.78, 5) is 39.9. The second kappa shape index (κ2) is 9.48. The van der Waals surface area contributed by atoms with E-state index in [1.54, 1.807) is 13.0 Å². The van der Waals surface area contributed by atoms with Crippen LogP contribution in [0.25, 0.3) is 0 Å². The maximum atomic E-state index is 14.6. The molecule has 0 N–H and O–H groups in total. The van der Waals surface area contributed by atoms with Gasteiger partial charge in [-0.15, -0.1) is 6.58 Å². The quantitative estimate of drug-likeness (QED) is 0.127. The highest BCUT2D eigenvalue weighted by Gasteiger charge is 2.58. The Balaban J connectivity index is 2.08. The van der Waals surface area contributed by atoms with E-state index >= 15 is 0 Å². The zero-order chi connectivity index (χ0) is 22.9. The van der Waals surface area contributed by atoms with Gasteiger partial charge in [-0.3, -0.25) is 14.4 Å². The molecule has 2 saturated carbocycles. The third kappa shape index (κ3) is 4.35. The molecule has 0 aliphatic heterocycles. The molecule has 5 nitrogen and oxygen atoms in total. The molecule has 0 spiro atoms. The lowest BCUT2D eigenvalue weighted by Crippen LogP contribution is -2.44. The summed E-state index contributed by atoms with van der Waals surface area (Å²) in [6.07, 6.45) is 2.30. The number of esters is 1. The molecule has 3 rings (SSSR count). The minimum absolute atomic E-state index is 0.0339. The highest BCUT2D eigenvalue weighted by atomic mass is 127. The van der Waals surface area contributed by atoms with Crippen molar-refractivity contribution in [1.82, 2.24) is 0 Å². The molecule has 2 aliphatic rings. The van der Waals surface area contributed by atoms with Gasteiger partial charge in [-0.05, 0) is 56.6 Å². The number of alkyl halides is 1. The maximum Gasteiger partial charge on any atom is 0.316 e. The summed E-state index contributed by atoms with van der Waals surface area (Å²) in [6.45, 7) is 7.37. The lowest BCUT2D eigenvalue weighted by molar-refractivity contribution is -0.154. The molecule has 2 fully saturated rings. The Labute approximate surface area is 195 Å². The van der Waals surface area contributed by atoms with Gasteiger partial charge in [0, 0.05) is 3.42 Å². The van der Waals surface area contributed by atoms with E-state index in [9.17, 15) is 18.8 Å². The smallest absolute Gasteiger partial charge is 0.316 e. The van der Waals surface area contributed by atoms with Crippen molar-refractivity contribution in [2.45, 2.75) is 42.6 Å². The second-order valence-corrected chi connectivity index (χ2v) is 10.9. The first-order valence-corrected chi connectivity index (χ1v) is 11.5. The molecule has 31 heavy (non-hydrogen) atoms. The standard InChI is InChI=1S/C24H28FIO5/c1-5-11-31-22(21(28)18-13(2)7-6-8-17(18)25)15-12-14-9-10-16(24(14,3)26)19(20(15)27)23(29)30-4/h5-8,14-16,19,22H,1,9-12H2,2-4H3/t14-,15?,16-,19?,22?,24?/m1/s1. The maximum absolute atomic E-state index is 14.6. The summed E-state index contributed by atoms with van der Waals surface area (Å²) in [6, 6.07) is 4.41. The molecule has 0 radical (unpaired) electrons. The molecule has 1 aromatic carbocycles. The molecule has 7 heteroatoms. The van der Waals surface area contributed by atoms with Crippen LogP contribution in [0.5, 0.6) is 0 Å². The Morgan fingerprint density at radius 2 is 2.10 bits per heavy atom. The van der Waals surface area contributed by atoms with Crippen LogP contribution in [0.2, 0.25) is 0 Å². The monoisotopic (exact) mass is 542 g/mol. The number of halogens is 2. The van der Waals surface area contributed by atoms with Crippen LogP contribution in [-0.2, 0) is 19.1 Å². The van der Waals surface area contributed by atoms with Gasteiger partial charge in [0.1, 0.15) is 17.8 Å². The third-order valence-electron chi connectivity index (χ3n) is 6.90. The van der Waals surface area contributed by atoms with Gasteiger partial charge in [-0.1, -0.05) is 40.8 Å². The van der Waals surface area contributed by atoms with E-state index in [0.29, 0.717) is 12.0 Å². The number of hydrogen-bond donors (Lipinski definition) is 0. The molecular formula is C24H28FIO5. The van der Waals surface area contributed by atoms with Crippen LogP contribution in [-0.4, -0.2) is 40.8 Å². The first-order chi connectivity index (χ1) is 14.6. The molecule has 0 amide bonds. The molecule has 0 saturated heterocycles. The Bertz CT molecular complexity index is 876. The molecule has 2 aliphatic carbocycles. The van der Waals surface area contributed by atoms with Crippen LogP contribution in [0, 0.1) is 36.4 Å². The summed E-state index contributed by atoms with van der Waals surface area (Å²) < 4.78 is 25.1. The van der Waals surface area contributed by atoms with E-state index in [0.717, 1.165) is 12.8 Å². The van der Waals surface area contributed by atoms with Gasteiger partial charge in [0.05, 0.1) is 25.2 Å². The van der Waals surface area contributed by atoms with Crippen molar-refractivity contribution in [2.75, 3.05) is 13.7 Å². The second-order valence-electron chi connectivity index (χ2n) is 8.62. The van der Waals surface area contributed by atoms with Gasteiger partial charge < -0.3 is 9.47 Å². The summed E-state index contributed by atoms with van der Waals surface area (Å²) in [7, 11) is 1.27.